The summed E-state index contributed by atoms with van der Waals surface area (Å²) in [5.41, 5.74) is 1.36. The van der Waals surface area contributed by atoms with Gasteiger partial charge in [-0.3, -0.25) is 0 Å². The average molecular weight is 290 g/mol. The fourth-order valence-corrected chi connectivity index (χ4v) is 2.08. The third-order valence-corrected chi connectivity index (χ3v) is 3.07. The van der Waals surface area contributed by atoms with E-state index in [0.29, 0.717) is 35.5 Å². The molecule has 0 aliphatic rings. The molecule has 0 bridgehead atoms. The van der Waals surface area contributed by atoms with Crippen LogP contribution in [0.15, 0.2) is 36.4 Å². The Morgan fingerprint density at radius 3 is 1.52 bits per heavy atom. The molecule has 2 rings (SSSR count). The molecule has 4 N–H and O–H groups in total. The van der Waals surface area contributed by atoms with Crippen molar-refractivity contribution in [1.82, 2.24) is 0 Å². The molecular formula is C16H18O5. The number of rotatable bonds is 6. The zero-order chi connectivity index (χ0) is 15.2. The Morgan fingerprint density at radius 2 is 1.14 bits per heavy atom. The predicted molar refractivity (Wildman–Crippen MR) is 77.9 cm³/mol. The van der Waals surface area contributed by atoms with E-state index in [1.807, 2.05) is 0 Å². The molecule has 5 heteroatoms. The summed E-state index contributed by atoms with van der Waals surface area (Å²) in [5, 5.41) is 37.2. The summed E-state index contributed by atoms with van der Waals surface area (Å²) >= 11 is 0. The molecule has 2 aromatic rings. The van der Waals surface area contributed by atoms with Crippen LogP contribution in [0, 0.1) is 0 Å². The topological polar surface area (TPSA) is 90.2 Å². The summed E-state index contributed by atoms with van der Waals surface area (Å²) in [6, 6.07) is 9.33. The van der Waals surface area contributed by atoms with Gasteiger partial charge in [0.25, 0.3) is 0 Å². The van der Waals surface area contributed by atoms with Gasteiger partial charge in [0.2, 0.25) is 0 Å². The first kappa shape index (κ1) is 15.2. The highest BCUT2D eigenvalue weighted by Crippen LogP contribution is 2.32. The Morgan fingerprint density at radius 1 is 0.714 bits per heavy atom. The van der Waals surface area contributed by atoms with Crippen molar-refractivity contribution in [2.45, 2.75) is 12.8 Å². The highest BCUT2D eigenvalue weighted by atomic mass is 16.5. The molecule has 0 aliphatic carbocycles. The molecule has 0 saturated carbocycles. The molecule has 0 atom stereocenters. The molecular weight excluding hydrogens is 272 g/mol. The number of phenolic OH excluding ortho intramolecular Hbond substituents is 2. The van der Waals surface area contributed by atoms with Gasteiger partial charge >= 0.3 is 0 Å². The van der Waals surface area contributed by atoms with E-state index in [-0.39, 0.29) is 24.7 Å². The second kappa shape index (κ2) is 6.97. The van der Waals surface area contributed by atoms with Gasteiger partial charge in [-0.05, 0) is 49.2 Å². The third kappa shape index (κ3) is 3.87. The molecule has 0 amide bonds. The second-order valence-electron chi connectivity index (χ2n) is 4.63. The maximum Gasteiger partial charge on any atom is 0.130 e. The molecule has 0 heterocycles. The summed E-state index contributed by atoms with van der Waals surface area (Å²) in [6.45, 7) is -0.113. The number of aliphatic hydroxyl groups is 2. The molecule has 0 saturated heterocycles. The molecule has 2 aromatic carbocycles. The monoisotopic (exact) mass is 290 g/mol. The third-order valence-electron chi connectivity index (χ3n) is 3.07. The van der Waals surface area contributed by atoms with E-state index in [9.17, 15) is 10.2 Å². The van der Waals surface area contributed by atoms with Crippen LogP contribution in [0.4, 0.5) is 0 Å². The van der Waals surface area contributed by atoms with Crippen molar-refractivity contribution < 1.29 is 25.2 Å². The van der Waals surface area contributed by atoms with Crippen molar-refractivity contribution in [3.05, 3.63) is 47.5 Å². The minimum absolute atomic E-state index is 0.0567. The van der Waals surface area contributed by atoms with Crippen LogP contribution < -0.4 is 4.74 Å². The fourth-order valence-electron chi connectivity index (χ4n) is 2.08. The molecule has 0 fully saturated rings. The van der Waals surface area contributed by atoms with Crippen LogP contribution in [0.3, 0.4) is 0 Å². The smallest absolute Gasteiger partial charge is 0.130 e. The van der Waals surface area contributed by atoms with Crippen molar-refractivity contribution in [3.8, 4) is 23.0 Å². The molecule has 21 heavy (non-hydrogen) atoms. The zero-order valence-electron chi connectivity index (χ0n) is 11.5. The standard InChI is InChI=1S/C16H18O5/c17-7-5-11-9-13(19)1-3-15(11)21-16-4-2-14(20)10-12(16)6-8-18/h1-4,9-10,17-20H,5-8H2. The molecule has 112 valence electrons. The summed E-state index contributed by atoms with van der Waals surface area (Å²) in [6.07, 6.45) is 0.717. The Labute approximate surface area is 122 Å². The van der Waals surface area contributed by atoms with E-state index < -0.39 is 0 Å². The lowest BCUT2D eigenvalue weighted by atomic mass is 10.1. The Balaban J connectivity index is 2.33. The second-order valence-corrected chi connectivity index (χ2v) is 4.63. The minimum Gasteiger partial charge on any atom is -0.508 e. The highest BCUT2D eigenvalue weighted by Gasteiger charge is 2.10. The zero-order valence-corrected chi connectivity index (χ0v) is 11.5. The van der Waals surface area contributed by atoms with Crippen LogP contribution in [0.5, 0.6) is 23.0 Å². The summed E-state index contributed by atoms with van der Waals surface area (Å²) in [7, 11) is 0. The largest absolute Gasteiger partial charge is 0.508 e. The Bertz CT molecular complexity index is 556. The molecule has 0 aliphatic heterocycles. The van der Waals surface area contributed by atoms with Crippen LogP contribution in [0.1, 0.15) is 11.1 Å². The summed E-state index contributed by atoms with van der Waals surface area (Å²) < 4.78 is 5.81. The fraction of sp³-hybridized carbons (Fsp3) is 0.250. The molecule has 0 radical (unpaired) electrons. The summed E-state index contributed by atoms with van der Waals surface area (Å²) in [5.74, 6) is 1.25. The maximum absolute atomic E-state index is 9.50. The Hall–Kier alpha value is -2.24. The number of aromatic hydroxyl groups is 2. The van der Waals surface area contributed by atoms with Crippen LogP contribution >= 0.6 is 0 Å². The average Bonchev–Trinajstić information content (AvgIpc) is 2.45. The lowest BCUT2D eigenvalue weighted by Crippen LogP contribution is -1.99. The van der Waals surface area contributed by atoms with Gasteiger partial charge in [0.05, 0.1) is 0 Å². The Kier molecular flexibility index (Phi) is 5.03. The normalized spacial score (nSPS) is 10.6. The lowest BCUT2D eigenvalue weighted by Gasteiger charge is -2.14. The van der Waals surface area contributed by atoms with Gasteiger partial charge in [-0.25, -0.2) is 0 Å². The lowest BCUT2D eigenvalue weighted by molar-refractivity contribution is 0.296. The number of hydrogen-bond acceptors (Lipinski definition) is 5. The minimum atomic E-state index is -0.0567. The van der Waals surface area contributed by atoms with Gasteiger partial charge in [-0.15, -0.1) is 0 Å². The molecule has 0 spiro atoms. The van der Waals surface area contributed by atoms with Gasteiger partial charge in [0.15, 0.2) is 0 Å². The van der Waals surface area contributed by atoms with Crippen molar-refractivity contribution in [2.75, 3.05) is 13.2 Å². The van der Waals surface area contributed by atoms with E-state index >= 15 is 0 Å². The van der Waals surface area contributed by atoms with Crippen LogP contribution in [0.2, 0.25) is 0 Å². The van der Waals surface area contributed by atoms with Crippen LogP contribution in [-0.4, -0.2) is 33.6 Å². The SMILES string of the molecule is OCCc1cc(O)ccc1Oc1ccc(O)cc1CCO. The van der Waals surface area contributed by atoms with E-state index in [0.717, 1.165) is 0 Å². The number of benzene rings is 2. The van der Waals surface area contributed by atoms with Gasteiger partial charge in [0.1, 0.15) is 23.0 Å². The number of aliphatic hydroxyl groups excluding tert-OH is 2. The first-order valence-electron chi connectivity index (χ1n) is 6.67. The van der Waals surface area contributed by atoms with Gasteiger partial charge in [0, 0.05) is 24.3 Å². The predicted octanol–water partition coefficient (Wildman–Crippen LogP) is 1.96. The van der Waals surface area contributed by atoms with Crippen molar-refractivity contribution in [2.24, 2.45) is 0 Å². The molecule has 0 unspecified atom stereocenters. The van der Waals surface area contributed by atoms with Crippen LogP contribution in [-0.2, 0) is 12.8 Å². The number of phenols is 2. The molecule has 5 nitrogen and oxygen atoms in total. The van der Waals surface area contributed by atoms with E-state index in [1.54, 1.807) is 12.1 Å². The maximum atomic E-state index is 9.50. The first-order valence-corrected chi connectivity index (χ1v) is 6.67. The van der Waals surface area contributed by atoms with Crippen molar-refractivity contribution >= 4 is 0 Å². The van der Waals surface area contributed by atoms with Crippen LogP contribution in [0.25, 0.3) is 0 Å². The van der Waals surface area contributed by atoms with E-state index in [2.05, 4.69) is 0 Å². The van der Waals surface area contributed by atoms with Crippen molar-refractivity contribution in [1.29, 1.82) is 0 Å². The van der Waals surface area contributed by atoms with E-state index in [4.69, 9.17) is 14.9 Å². The first-order chi connectivity index (χ1) is 10.1. The number of hydrogen-bond donors (Lipinski definition) is 4. The quantitative estimate of drug-likeness (QED) is 0.653. The van der Waals surface area contributed by atoms with E-state index in [1.165, 1.54) is 24.3 Å². The summed E-state index contributed by atoms with van der Waals surface area (Å²) in [4.78, 5) is 0. The van der Waals surface area contributed by atoms with Crippen molar-refractivity contribution in [3.63, 3.8) is 0 Å². The number of ether oxygens (including phenoxy) is 1. The highest BCUT2D eigenvalue weighted by molar-refractivity contribution is 5.46. The van der Waals surface area contributed by atoms with Gasteiger partial charge in [-0.1, -0.05) is 0 Å². The molecule has 0 aromatic heterocycles. The van der Waals surface area contributed by atoms with Gasteiger partial charge < -0.3 is 25.2 Å². The van der Waals surface area contributed by atoms with Gasteiger partial charge in [-0.2, -0.15) is 0 Å².